The number of nitrogens with zero attached hydrogens (tertiary/aromatic N) is 2. The third-order valence-electron chi connectivity index (χ3n) is 3.77. The zero-order valence-electron chi connectivity index (χ0n) is 14.6. The van der Waals surface area contributed by atoms with E-state index in [0.717, 1.165) is 20.5 Å². The average Bonchev–Trinajstić information content (AvgIpc) is 2.99. The molecule has 4 nitrogen and oxygen atoms in total. The highest BCUT2D eigenvalue weighted by molar-refractivity contribution is 7.99. The van der Waals surface area contributed by atoms with Gasteiger partial charge in [0.05, 0.1) is 5.69 Å². The normalized spacial score (nSPS) is 11.5. The summed E-state index contributed by atoms with van der Waals surface area (Å²) >= 11 is 7.33. The summed E-state index contributed by atoms with van der Waals surface area (Å²) in [5.41, 5.74) is -0.198. The van der Waals surface area contributed by atoms with Crippen LogP contribution < -0.4 is 5.32 Å². The number of halogens is 4. The predicted molar refractivity (Wildman–Crippen MR) is 103 cm³/mol. The molecule has 0 fully saturated rings. The minimum atomic E-state index is -4.55. The van der Waals surface area contributed by atoms with Crippen molar-refractivity contribution in [2.45, 2.75) is 29.4 Å². The van der Waals surface area contributed by atoms with Gasteiger partial charge >= 0.3 is 6.18 Å². The summed E-state index contributed by atoms with van der Waals surface area (Å²) in [5.74, 6) is -0.468. The van der Waals surface area contributed by atoms with Crippen LogP contribution in [0.15, 0.2) is 64.4 Å². The molecule has 3 aromatic rings. The first kappa shape index (κ1) is 20.3. The lowest BCUT2D eigenvalue weighted by atomic mass is 10.3. The zero-order valence-corrected chi connectivity index (χ0v) is 16.2. The third kappa shape index (κ3) is 5.08. The molecule has 0 aliphatic rings. The highest BCUT2D eigenvalue weighted by Gasteiger charge is 2.34. The Morgan fingerprint density at radius 1 is 1.18 bits per heavy atom. The largest absolute Gasteiger partial charge is 0.435 e. The molecule has 0 aliphatic carbocycles. The molecule has 2 aromatic carbocycles. The van der Waals surface area contributed by atoms with Crippen LogP contribution in [0.3, 0.4) is 0 Å². The molecule has 28 heavy (non-hydrogen) atoms. The lowest BCUT2D eigenvalue weighted by Crippen LogP contribution is -2.21. The van der Waals surface area contributed by atoms with Crippen molar-refractivity contribution in [3.05, 3.63) is 71.0 Å². The van der Waals surface area contributed by atoms with E-state index in [-0.39, 0.29) is 12.2 Å². The molecule has 0 bridgehead atoms. The number of aryl methyl sites for hydroxylation is 1. The molecule has 0 saturated heterocycles. The lowest BCUT2D eigenvalue weighted by Gasteiger charge is -2.11. The number of rotatable bonds is 5. The Bertz CT molecular complexity index is 987. The average molecular weight is 426 g/mol. The van der Waals surface area contributed by atoms with Crippen LogP contribution >= 0.6 is 23.4 Å². The summed E-state index contributed by atoms with van der Waals surface area (Å²) in [5, 5.41) is 6.84. The Labute approximate surface area is 168 Å². The first-order valence-corrected chi connectivity index (χ1v) is 9.36. The zero-order chi connectivity index (χ0) is 20.3. The fourth-order valence-electron chi connectivity index (χ4n) is 2.42. The van der Waals surface area contributed by atoms with Crippen molar-refractivity contribution in [1.29, 1.82) is 0 Å². The van der Waals surface area contributed by atoms with Crippen LogP contribution in [0.5, 0.6) is 0 Å². The van der Waals surface area contributed by atoms with Crippen LogP contribution in [-0.2, 0) is 17.5 Å². The summed E-state index contributed by atoms with van der Waals surface area (Å²) < 4.78 is 39.3. The summed E-state index contributed by atoms with van der Waals surface area (Å²) in [4.78, 5) is 14.1. The van der Waals surface area contributed by atoms with Gasteiger partial charge in [0, 0.05) is 20.5 Å². The van der Waals surface area contributed by atoms with Crippen LogP contribution in [0.2, 0.25) is 5.02 Å². The SMILES string of the molecule is Cc1cc(C(F)(F)F)nn1CC(=O)Nc1ccccc1Sc1ccc(Cl)cc1. The van der Waals surface area contributed by atoms with Gasteiger partial charge in [-0.15, -0.1) is 0 Å². The molecule has 146 valence electrons. The standard InChI is InChI=1S/C19H15ClF3N3OS/c1-12-10-17(19(21,22)23)25-26(12)11-18(27)24-15-4-2-3-5-16(15)28-14-8-6-13(20)7-9-14/h2-10H,11H2,1H3,(H,24,27). The molecule has 1 amide bonds. The molecule has 1 aromatic heterocycles. The Hall–Kier alpha value is -2.45. The van der Waals surface area contributed by atoms with E-state index in [1.807, 2.05) is 24.3 Å². The number of benzene rings is 2. The maximum atomic E-state index is 12.8. The molecular weight excluding hydrogens is 411 g/mol. The van der Waals surface area contributed by atoms with E-state index in [4.69, 9.17) is 11.6 Å². The molecule has 0 atom stereocenters. The fourth-order valence-corrected chi connectivity index (χ4v) is 3.45. The Balaban J connectivity index is 1.73. The van der Waals surface area contributed by atoms with Crippen molar-refractivity contribution in [1.82, 2.24) is 9.78 Å². The van der Waals surface area contributed by atoms with E-state index >= 15 is 0 Å². The van der Waals surface area contributed by atoms with Gasteiger partial charge in [0.1, 0.15) is 6.54 Å². The summed E-state index contributed by atoms with van der Waals surface area (Å²) in [6.07, 6.45) is -4.55. The van der Waals surface area contributed by atoms with Crippen LogP contribution in [-0.4, -0.2) is 15.7 Å². The van der Waals surface area contributed by atoms with Crippen LogP contribution in [0.25, 0.3) is 0 Å². The van der Waals surface area contributed by atoms with E-state index in [1.54, 1.807) is 24.3 Å². The fraction of sp³-hybridized carbons (Fsp3) is 0.158. The van der Waals surface area contributed by atoms with Crippen molar-refractivity contribution in [2.24, 2.45) is 0 Å². The number of nitrogens with one attached hydrogen (secondary N) is 1. The number of carbonyl (C=O) groups is 1. The molecule has 9 heteroatoms. The van der Waals surface area contributed by atoms with Crippen molar-refractivity contribution in [2.75, 3.05) is 5.32 Å². The van der Waals surface area contributed by atoms with Gasteiger partial charge in [0.25, 0.3) is 0 Å². The third-order valence-corrected chi connectivity index (χ3v) is 5.10. The number of para-hydroxylation sites is 1. The monoisotopic (exact) mass is 425 g/mol. The first-order valence-electron chi connectivity index (χ1n) is 8.16. The molecule has 3 rings (SSSR count). The van der Waals surface area contributed by atoms with Crippen LogP contribution in [0.1, 0.15) is 11.4 Å². The predicted octanol–water partition coefficient (Wildman–Crippen LogP) is 5.65. The van der Waals surface area contributed by atoms with Crippen LogP contribution in [0, 0.1) is 6.92 Å². The summed E-state index contributed by atoms with van der Waals surface area (Å²) in [7, 11) is 0. The van der Waals surface area contributed by atoms with Gasteiger partial charge in [0.2, 0.25) is 5.91 Å². The maximum Gasteiger partial charge on any atom is 0.435 e. The Morgan fingerprint density at radius 2 is 1.86 bits per heavy atom. The molecule has 0 saturated carbocycles. The van der Waals surface area contributed by atoms with Crippen LogP contribution in [0.4, 0.5) is 18.9 Å². The van der Waals surface area contributed by atoms with Gasteiger partial charge in [-0.1, -0.05) is 35.5 Å². The summed E-state index contributed by atoms with van der Waals surface area (Å²) in [6, 6.07) is 15.3. The molecule has 0 unspecified atom stereocenters. The minimum absolute atomic E-state index is 0.256. The molecular formula is C19H15ClF3N3OS. The molecule has 0 radical (unpaired) electrons. The maximum absolute atomic E-state index is 12.8. The molecule has 0 spiro atoms. The smallest absolute Gasteiger partial charge is 0.323 e. The molecule has 1 heterocycles. The van der Waals surface area contributed by atoms with Gasteiger partial charge in [-0.25, -0.2) is 0 Å². The summed E-state index contributed by atoms with van der Waals surface area (Å²) in [6.45, 7) is 1.15. The highest BCUT2D eigenvalue weighted by Crippen LogP contribution is 2.34. The van der Waals surface area contributed by atoms with Crippen molar-refractivity contribution >= 4 is 35.0 Å². The van der Waals surface area contributed by atoms with E-state index in [9.17, 15) is 18.0 Å². The first-order chi connectivity index (χ1) is 13.2. The van der Waals surface area contributed by atoms with E-state index in [0.29, 0.717) is 10.7 Å². The van der Waals surface area contributed by atoms with Crippen molar-refractivity contribution < 1.29 is 18.0 Å². The van der Waals surface area contributed by atoms with E-state index in [1.165, 1.54) is 18.7 Å². The number of hydrogen-bond acceptors (Lipinski definition) is 3. The van der Waals surface area contributed by atoms with Gasteiger partial charge in [-0.05, 0) is 49.4 Å². The lowest BCUT2D eigenvalue weighted by molar-refractivity contribution is -0.141. The van der Waals surface area contributed by atoms with E-state index in [2.05, 4.69) is 10.4 Å². The number of carbonyl (C=O) groups excluding carboxylic acids is 1. The Morgan fingerprint density at radius 3 is 2.50 bits per heavy atom. The second kappa shape index (κ2) is 8.28. The van der Waals surface area contributed by atoms with Gasteiger partial charge in [-0.2, -0.15) is 18.3 Å². The molecule has 0 aliphatic heterocycles. The Kier molecular flexibility index (Phi) is 6.00. The van der Waals surface area contributed by atoms with Gasteiger partial charge < -0.3 is 5.32 Å². The number of anilines is 1. The van der Waals surface area contributed by atoms with Gasteiger partial charge in [-0.3, -0.25) is 9.48 Å². The van der Waals surface area contributed by atoms with Gasteiger partial charge in [0.15, 0.2) is 5.69 Å². The number of hydrogen-bond donors (Lipinski definition) is 1. The van der Waals surface area contributed by atoms with E-state index < -0.39 is 17.8 Å². The van der Waals surface area contributed by atoms with Crippen molar-refractivity contribution in [3.63, 3.8) is 0 Å². The topological polar surface area (TPSA) is 46.9 Å². The van der Waals surface area contributed by atoms with Crippen molar-refractivity contribution in [3.8, 4) is 0 Å². The number of amides is 1. The second-order valence-electron chi connectivity index (χ2n) is 5.93. The number of alkyl halides is 3. The minimum Gasteiger partial charge on any atom is -0.323 e. The second-order valence-corrected chi connectivity index (χ2v) is 7.48. The number of aromatic nitrogens is 2. The molecule has 1 N–H and O–H groups in total. The highest BCUT2D eigenvalue weighted by atomic mass is 35.5. The quantitative estimate of drug-likeness (QED) is 0.574.